The topological polar surface area (TPSA) is 40.5 Å². The molecule has 0 saturated heterocycles. The molecule has 0 spiro atoms. The van der Waals surface area contributed by atoms with Crippen LogP contribution in [0.25, 0.3) is 0 Å². The van der Waals surface area contributed by atoms with Crippen molar-refractivity contribution in [2.75, 3.05) is 14.1 Å². The first-order valence-electron chi connectivity index (χ1n) is 7.52. The molecule has 0 heterocycles. The van der Waals surface area contributed by atoms with Crippen LogP contribution in [0.4, 0.5) is 0 Å². The zero-order valence-electron chi connectivity index (χ0n) is 13.7. The van der Waals surface area contributed by atoms with Gasteiger partial charge in [0, 0.05) is 19.7 Å². The van der Waals surface area contributed by atoms with Crippen molar-refractivity contribution in [2.24, 2.45) is 5.92 Å². The van der Waals surface area contributed by atoms with E-state index in [9.17, 15) is 9.90 Å². The Kier molecular flexibility index (Phi) is 5.20. The monoisotopic (exact) mass is 307 g/mol. The van der Waals surface area contributed by atoms with E-state index in [1.807, 2.05) is 48.5 Å². The summed E-state index contributed by atoms with van der Waals surface area (Å²) in [4.78, 5) is 13.8. The Balaban J connectivity index is 2.48. The van der Waals surface area contributed by atoms with Crippen LogP contribution < -0.4 is 0 Å². The maximum atomic E-state index is 12.4. The van der Waals surface area contributed by atoms with Crippen LogP contribution in [0.3, 0.4) is 0 Å². The molecule has 1 N–H and O–H groups in total. The Labute approximate surface area is 137 Å². The van der Waals surface area contributed by atoms with Crippen molar-refractivity contribution in [3.05, 3.63) is 71.8 Å². The number of carbonyl (C=O) groups is 1. The van der Waals surface area contributed by atoms with Gasteiger partial charge in [0.05, 0.1) is 5.92 Å². The van der Waals surface area contributed by atoms with E-state index in [4.69, 9.17) is 0 Å². The Bertz CT molecular complexity index is 714. The van der Waals surface area contributed by atoms with Gasteiger partial charge >= 0.3 is 0 Å². The van der Waals surface area contributed by atoms with Gasteiger partial charge in [-0.2, -0.15) is 0 Å². The quantitative estimate of drug-likeness (QED) is 0.886. The maximum absolute atomic E-state index is 12.4. The minimum Gasteiger partial charge on any atom is -0.372 e. The van der Waals surface area contributed by atoms with E-state index in [2.05, 4.69) is 11.8 Å². The van der Waals surface area contributed by atoms with Gasteiger partial charge < -0.3 is 10.0 Å². The first-order valence-corrected chi connectivity index (χ1v) is 7.52. The molecule has 2 rings (SSSR count). The van der Waals surface area contributed by atoms with Crippen molar-refractivity contribution in [2.45, 2.75) is 12.5 Å². The summed E-state index contributed by atoms with van der Waals surface area (Å²) in [5, 5.41) is 11.2. The van der Waals surface area contributed by atoms with Crippen LogP contribution in [0, 0.1) is 17.8 Å². The van der Waals surface area contributed by atoms with Gasteiger partial charge in [0.1, 0.15) is 0 Å². The molecule has 3 heteroatoms. The van der Waals surface area contributed by atoms with Gasteiger partial charge in [-0.05, 0) is 24.6 Å². The molecule has 118 valence electrons. The fourth-order valence-electron chi connectivity index (χ4n) is 2.38. The molecule has 0 aliphatic rings. The van der Waals surface area contributed by atoms with Crippen molar-refractivity contribution in [1.29, 1.82) is 0 Å². The molecule has 0 aromatic heterocycles. The van der Waals surface area contributed by atoms with E-state index < -0.39 is 11.5 Å². The zero-order chi connectivity index (χ0) is 16.9. The highest BCUT2D eigenvalue weighted by Crippen LogP contribution is 2.30. The second-order valence-electron chi connectivity index (χ2n) is 5.70. The molecule has 2 aromatic carbocycles. The molecule has 2 aromatic rings. The summed E-state index contributed by atoms with van der Waals surface area (Å²) < 4.78 is 0. The molecule has 1 amide bonds. The molecular formula is C20H21NO2. The minimum absolute atomic E-state index is 0.168. The molecule has 0 fully saturated rings. The minimum atomic E-state index is -1.54. The van der Waals surface area contributed by atoms with Gasteiger partial charge in [-0.1, -0.05) is 60.4 Å². The molecule has 0 aliphatic heterocycles. The van der Waals surface area contributed by atoms with Gasteiger partial charge in [0.2, 0.25) is 5.91 Å². The van der Waals surface area contributed by atoms with E-state index in [0.29, 0.717) is 5.56 Å². The van der Waals surface area contributed by atoms with Crippen molar-refractivity contribution >= 4 is 5.91 Å². The molecule has 2 atom stereocenters. The van der Waals surface area contributed by atoms with Crippen LogP contribution in [0.1, 0.15) is 18.1 Å². The highest BCUT2D eigenvalue weighted by Gasteiger charge is 2.39. The summed E-state index contributed by atoms with van der Waals surface area (Å²) in [6.45, 7) is 1.70. The first-order chi connectivity index (χ1) is 10.9. The Hall–Kier alpha value is -2.57. The van der Waals surface area contributed by atoms with Crippen LogP contribution >= 0.6 is 0 Å². The summed E-state index contributed by atoms with van der Waals surface area (Å²) in [6.07, 6.45) is 0. The van der Waals surface area contributed by atoms with Gasteiger partial charge in [-0.15, -0.1) is 0 Å². The number of carbonyl (C=O) groups excluding carboxylic acids is 1. The largest absolute Gasteiger partial charge is 0.372 e. The highest BCUT2D eigenvalue weighted by atomic mass is 16.3. The summed E-state index contributed by atoms with van der Waals surface area (Å²) >= 11 is 0. The standard InChI is InChI=1S/C20H21NO2/c1-16(19(22)21(2)3)20(23,18-12-8-5-9-13-18)15-14-17-10-6-4-7-11-17/h4-13,16,23H,1-3H3/t16-,20+/m1/s1. The summed E-state index contributed by atoms with van der Waals surface area (Å²) in [7, 11) is 3.35. The molecule has 0 bridgehead atoms. The Morgan fingerprint density at radius 2 is 1.57 bits per heavy atom. The van der Waals surface area contributed by atoms with Crippen molar-refractivity contribution in [1.82, 2.24) is 4.90 Å². The van der Waals surface area contributed by atoms with Crippen LogP contribution in [-0.4, -0.2) is 30.0 Å². The number of hydrogen-bond donors (Lipinski definition) is 1. The van der Waals surface area contributed by atoms with Gasteiger partial charge in [0.15, 0.2) is 5.60 Å². The van der Waals surface area contributed by atoms with Gasteiger partial charge in [0.25, 0.3) is 0 Å². The second kappa shape index (κ2) is 7.13. The van der Waals surface area contributed by atoms with Crippen molar-refractivity contribution in [3.8, 4) is 11.8 Å². The molecule has 23 heavy (non-hydrogen) atoms. The molecular weight excluding hydrogens is 286 g/mol. The number of amides is 1. The molecule has 0 unspecified atom stereocenters. The third-order valence-corrected chi connectivity index (χ3v) is 3.82. The van der Waals surface area contributed by atoms with E-state index >= 15 is 0 Å². The third-order valence-electron chi connectivity index (χ3n) is 3.82. The second-order valence-corrected chi connectivity index (χ2v) is 5.70. The van der Waals surface area contributed by atoms with Gasteiger partial charge in [-0.25, -0.2) is 0 Å². The third kappa shape index (κ3) is 3.80. The molecule has 0 radical (unpaired) electrons. The fraction of sp³-hybridized carbons (Fsp3) is 0.250. The zero-order valence-corrected chi connectivity index (χ0v) is 13.7. The van der Waals surface area contributed by atoms with Crippen LogP contribution in [-0.2, 0) is 10.4 Å². The predicted octanol–water partition coefficient (Wildman–Crippen LogP) is 2.65. The van der Waals surface area contributed by atoms with Gasteiger partial charge in [-0.3, -0.25) is 4.79 Å². The normalized spacial score (nSPS) is 14.1. The summed E-state index contributed by atoms with van der Waals surface area (Å²) in [6, 6.07) is 18.5. The van der Waals surface area contributed by atoms with Crippen LogP contribution in [0.2, 0.25) is 0 Å². The van der Waals surface area contributed by atoms with E-state index in [1.165, 1.54) is 4.90 Å². The smallest absolute Gasteiger partial charge is 0.229 e. The van der Waals surface area contributed by atoms with E-state index in [1.54, 1.807) is 33.2 Å². The van der Waals surface area contributed by atoms with Crippen molar-refractivity contribution in [3.63, 3.8) is 0 Å². The number of nitrogens with zero attached hydrogens (tertiary/aromatic N) is 1. The number of hydrogen-bond acceptors (Lipinski definition) is 2. The number of aliphatic hydroxyl groups is 1. The Morgan fingerprint density at radius 3 is 2.09 bits per heavy atom. The molecule has 0 aliphatic carbocycles. The maximum Gasteiger partial charge on any atom is 0.229 e. The average Bonchev–Trinajstić information content (AvgIpc) is 2.60. The predicted molar refractivity (Wildman–Crippen MR) is 91.5 cm³/mol. The van der Waals surface area contributed by atoms with E-state index in [0.717, 1.165) is 5.56 Å². The average molecular weight is 307 g/mol. The fourth-order valence-corrected chi connectivity index (χ4v) is 2.38. The van der Waals surface area contributed by atoms with Crippen LogP contribution in [0.15, 0.2) is 60.7 Å². The number of benzene rings is 2. The van der Waals surface area contributed by atoms with Crippen molar-refractivity contribution < 1.29 is 9.90 Å². The lowest BCUT2D eigenvalue weighted by Crippen LogP contribution is -2.42. The molecule has 3 nitrogen and oxygen atoms in total. The molecule has 0 saturated carbocycles. The lowest BCUT2D eigenvalue weighted by molar-refractivity contribution is -0.139. The summed E-state index contributed by atoms with van der Waals surface area (Å²) in [5.74, 6) is 5.06. The SMILES string of the molecule is C[C@H](C(=O)N(C)C)[C@@](O)(C#Cc1ccccc1)c1ccccc1. The van der Waals surface area contributed by atoms with E-state index in [-0.39, 0.29) is 5.91 Å². The lowest BCUT2D eigenvalue weighted by atomic mass is 9.81. The summed E-state index contributed by atoms with van der Waals surface area (Å²) in [5.41, 5.74) is -0.129. The van der Waals surface area contributed by atoms with Crippen LogP contribution in [0.5, 0.6) is 0 Å². The number of rotatable bonds is 3. The first kappa shape index (κ1) is 16.8. The lowest BCUT2D eigenvalue weighted by Gasteiger charge is -2.30. The Morgan fingerprint density at radius 1 is 1.04 bits per heavy atom. The highest BCUT2D eigenvalue weighted by molar-refractivity contribution is 5.80.